The average Bonchev–Trinajstić information content (AvgIpc) is 2.62. The van der Waals surface area contributed by atoms with Crippen LogP contribution in [0.3, 0.4) is 0 Å². The summed E-state index contributed by atoms with van der Waals surface area (Å²) in [6.07, 6.45) is 2.11. The van der Waals surface area contributed by atoms with Crippen molar-refractivity contribution in [1.82, 2.24) is 15.0 Å². The second-order valence-electron chi connectivity index (χ2n) is 3.46. The van der Waals surface area contributed by atoms with Gasteiger partial charge in [0.25, 0.3) is 0 Å². The number of hydrogen-bond donors (Lipinski definition) is 1. The monoisotopic (exact) mass is 183 g/mol. The Hall–Kier alpha value is -0.940. The first-order chi connectivity index (χ1) is 6.13. The molecule has 2 unspecified atom stereocenters. The van der Waals surface area contributed by atoms with Crippen LogP contribution in [0.2, 0.25) is 0 Å². The Bertz CT molecular complexity index is 312. The van der Waals surface area contributed by atoms with Crippen LogP contribution < -0.4 is 0 Å². The second-order valence-corrected chi connectivity index (χ2v) is 3.46. The molecule has 13 heavy (non-hydrogen) atoms. The number of nitrogens with zero attached hydrogens (tertiary/aromatic N) is 3. The highest BCUT2D eigenvalue weighted by atomic mass is 16.5. The van der Waals surface area contributed by atoms with Crippen LogP contribution in [-0.2, 0) is 17.4 Å². The lowest BCUT2D eigenvalue weighted by atomic mass is 9.93. The standard InChI is InChI=1S/C8H13N3O2/c1-6-8(12,3-4-13-6)7-5-11(2)10-9-7/h5-6,12H,3-4H2,1-2H3. The van der Waals surface area contributed by atoms with Gasteiger partial charge in [-0.2, -0.15) is 0 Å². The molecule has 0 aromatic carbocycles. The SMILES string of the molecule is CC1OCCC1(O)c1cn(C)nn1. The van der Waals surface area contributed by atoms with Crippen LogP contribution >= 0.6 is 0 Å². The van der Waals surface area contributed by atoms with E-state index < -0.39 is 5.60 Å². The summed E-state index contributed by atoms with van der Waals surface area (Å²) in [5.41, 5.74) is -0.353. The van der Waals surface area contributed by atoms with Gasteiger partial charge in [0.1, 0.15) is 11.3 Å². The molecule has 5 heteroatoms. The fourth-order valence-electron chi connectivity index (χ4n) is 1.61. The summed E-state index contributed by atoms with van der Waals surface area (Å²) in [7, 11) is 1.78. The van der Waals surface area contributed by atoms with Gasteiger partial charge in [0, 0.05) is 13.5 Å². The molecule has 1 aliphatic rings. The van der Waals surface area contributed by atoms with Gasteiger partial charge in [0.15, 0.2) is 0 Å². The zero-order chi connectivity index (χ0) is 9.47. The number of aromatic nitrogens is 3. The summed E-state index contributed by atoms with van der Waals surface area (Å²) >= 11 is 0. The van der Waals surface area contributed by atoms with E-state index in [1.54, 1.807) is 17.9 Å². The zero-order valence-corrected chi connectivity index (χ0v) is 7.77. The molecule has 0 saturated carbocycles. The largest absolute Gasteiger partial charge is 0.381 e. The third kappa shape index (κ3) is 1.24. The van der Waals surface area contributed by atoms with Crippen molar-refractivity contribution in [2.24, 2.45) is 7.05 Å². The molecule has 0 spiro atoms. The van der Waals surface area contributed by atoms with Crippen molar-refractivity contribution in [2.75, 3.05) is 6.61 Å². The number of aryl methyl sites for hydroxylation is 1. The first-order valence-electron chi connectivity index (χ1n) is 4.34. The van der Waals surface area contributed by atoms with Crippen LogP contribution in [0.5, 0.6) is 0 Å². The van der Waals surface area contributed by atoms with Crippen molar-refractivity contribution in [3.63, 3.8) is 0 Å². The van der Waals surface area contributed by atoms with Gasteiger partial charge in [0.2, 0.25) is 0 Å². The van der Waals surface area contributed by atoms with Crippen LogP contribution in [0.15, 0.2) is 6.20 Å². The minimum Gasteiger partial charge on any atom is -0.381 e. The molecule has 2 atom stereocenters. The van der Waals surface area contributed by atoms with E-state index in [1.165, 1.54) is 0 Å². The first-order valence-corrected chi connectivity index (χ1v) is 4.34. The lowest BCUT2D eigenvalue weighted by Crippen LogP contribution is -2.33. The van der Waals surface area contributed by atoms with E-state index in [4.69, 9.17) is 4.74 Å². The first kappa shape index (κ1) is 8.65. The topological polar surface area (TPSA) is 60.2 Å². The maximum Gasteiger partial charge on any atom is 0.138 e. The third-order valence-corrected chi connectivity index (χ3v) is 2.57. The minimum absolute atomic E-state index is 0.204. The molecule has 1 N–H and O–H groups in total. The van der Waals surface area contributed by atoms with Gasteiger partial charge in [-0.3, -0.25) is 4.68 Å². The van der Waals surface area contributed by atoms with E-state index in [9.17, 15) is 5.11 Å². The fourth-order valence-corrected chi connectivity index (χ4v) is 1.61. The Balaban J connectivity index is 2.33. The van der Waals surface area contributed by atoms with Crippen molar-refractivity contribution >= 4 is 0 Å². The molecule has 0 bridgehead atoms. The summed E-state index contributed by atoms with van der Waals surface area (Å²) in [4.78, 5) is 0. The summed E-state index contributed by atoms with van der Waals surface area (Å²) in [5, 5.41) is 17.9. The average molecular weight is 183 g/mol. The van der Waals surface area contributed by atoms with Crippen molar-refractivity contribution in [3.8, 4) is 0 Å². The zero-order valence-electron chi connectivity index (χ0n) is 7.77. The highest BCUT2D eigenvalue weighted by Gasteiger charge is 2.43. The van der Waals surface area contributed by atoms with Gasteiger partial charge >= 0.3 is 0 Å². The molecule has 2 heterocycles. The maximum absolute atomic E-state index is 10.2. The Morgan fingerprint density at radius 1 is 1.77 bits per heavy atom. The molecule has 0 aliphatic carbocycles. The summed E-state index contributed by atoms with van der Waals surface area (Å²) in [6.45, 7) is 2.43. The molecule has 72 valence electrons. The van der Waals surface area contributed by atoms with Crippen molar-refractivity contribution < 1.29 is 9.84 Å². The van der Waals surface area contributed by atoms with Gasteiger partial charge in [-0.05, 0) is 6.92 Å². The number of aliphatic hydroxyl groups is 1. The maximum atomic E-state index is 10.2. The number of hydrogen-bond acceptors (Lipinski definition) is 4. The van der Waals surface area contributed by atoms with Gasteiger partial charge in [-0.15, -0.1) is 5.10 Å². The normalized spacial score (nSPS) is 33.9. The van der Waals surface area contributed by atoms with E-state index >= 15 is 0 Å². The molecule has 1 aliphatic heterocycles. The Kier molecular flexibility index (Phi) is 1.85. The van der Waals surface area contributed by atoms with Gasteiger partial charge in [-0.1, -0.05) is 5.21 Å². The summed E-state index contributed by atoms with van der Waals surface area (Å²) < 4.78 is 6.89. The van der Waals surface area contributed by atoms with Crippen molar-refractivity contribution in [1.29, 1.82) is 0 Å². The number of ether oxygens (including phenoxy) is 1. The molecule has 0 radical (unpaired) electrons. The smallest absolute Gasteiger partial charge is 0.138 e. The molecule has 1 saturated heterocycles. The van der Waals surface area contributed by atoms with Gasteiger partial charge in [-0.25, -0.2) is 0 Å². The highest BCUT2D eigenvalue weighted by Crippen LogP contribution is 2.34. The summed E-state index contributed by atoms with van der Waals surface area (Å²) in [5.74, 6) is 0. The molecule has 1 fully saturated rings. The fraction of sp³-hybridized carbons (Fsp3) is 0.750. The van der Waals surface area contributed by atoms with E-state index in [0.717, 1.165) is 0 Å². The lowest BCUT2D eigenvalue weighted by molar-refractivity contribution is -0.0348. The van der Waals surface area contributed by atoms with Crippen LogP contribution in [0.4, 0.5) is 0 Å². The number of rotatable bonds is 1. The Morgan fingerprint density at radius 3 is 3.00 bits per heavy atom. The van der Waals surface area contributed by atoms with Crippen LogP contribution in [-0.4, -0.2) is 32.8 Å². The molecular weight excluding hydrogens is 170 g/mol. The molecule has 1 aromatic rings. The molecule has 1 aromatic heterocycles. The Labute approximate surface area is 76.3 Å². The highest BCUT2D eigenvalue weighted by molar-refractivity contribution is 5.11. The quantitative estimate of drug-likeness (QED) is 0.655. The molecular formula is C8H13N3O2. The van der Waals surface area contributed by atoms with Crippen LogP contribution in [0, 0.1) is 0 Å². The van der Waals surface area contributed by atoms with Gasteiger partial charge < -0.3 is 9.84 Å². The third-order valence-electron chi connectivity index (χ3n) is 2.57. The predicted molar refractivity (Wildman–Crippen MR) is 44.9 cm³/mol. The van der Waals surface area contributed by atoms with Crippen molar-refractivity contribution in [2.45, 2.75) is 25.0 Å². The van der Waals surface area contributed by atoms with Gasteiger partial charge in [0.05, 0.1) is 18.9 Å². The molecule has 2 rings (SSSR count). The summed E-state index contributed by atoms with van der Waals surface area (Å²) in [6, 6.07) is 0. The van der Waals surface area contributed by atoms with Crippen molar-refractivity contribution in [3.05, 3.63) is 11.9 Å². The molecule has 5 nitrogen and oxygen atoms in total. The van der Waals surface area contributed by atoms with Crippen LogP contribution in [0.25, 0.3) is 0 Å². The van der Waals surface area contributed by atoms with E-state index in [0.29, 0.717) is 18.7 Å². The minimum atomic E-state index is -0.950. The van der Waals surface area contributed by atoms with Crippen LogP contribution in [0.1, 0.15) is 19.0 Å². The Morgan fingerprint density at radius 2 is 2.54 bits per heavy atom. The second kappa shape index (κ2) is 2.78. The van der Waals surface area contributed by atoms with E-state index in [2.05, 4.69) is 10.3 Å². The van der Waals surface area contributed by atoms with E-state index in [1.807, 2.05) is 6.92 Å². The lowest BCUT2D eigenvalue weighted by Gasteiger charge is -2.22. The van der Waals surface area contributed by atoms with E-state index in [-0.39, 0.29) is 6.10 Å². The predicted octanol–water partition coefficient (Wildman–Crippen LogP) is -0.189. The molecule has 0 amide bonds.